The number of hydrogen-bond donors (Lipinski definition) is 0. The molecule has 1 fully saturated rings. The van der Waals surface area contributed by atoms with Crippen molar-refractivity contribution in [3.8, 4) is 5.69 Å². The van der Waals surface area contributed by atoms with E-state index in [2.05, 4.69) is 47.7 Å². The van der Waals surface area contributed by atoms with E-state index in [1.807, 2.05) is 12.4 Å². The van der Waals surface area contributed by atoms with Crippen molar-refractivity contribution in [1.82, 2.24) is 9.55 Å². The Morgan fingerprint density at radius 1 is 1.33 bits per heavy atom. The van der Waals surface area contributed by atoms with Crippen LogP contribution in [0.15, 0.2) is 41.8 Å². The number of imidazole rings is 1. The molecule has 1 aromatic carbocycles. The van der Waals surface area contributed by atoms with Gasteiger partial charge in [0.2, 0.25) is 0 Å². The second kappa shape index (κ2) is 6.67. The Kier molecular flexibility index (Phi) is 4.66. The molecule has 0 bridgehead atoms. The summed E-state index contributed by atoms with van der Waals surface area (Å²) in [6, 6.07) is 8.75. The largest absolute Gasteiger partial charge is 0.377 e. The maximum atomic E-state index is 5.68. The van der Waals surface area contributed by atoms with Crippen LogP contribution in [-0.2, 0) is 4.74 Å². The third-order valence-electron chi connectivity index (χ3n) is 3.87. The van der Waals surface area contributed by atoms with Crippen LogP contribution in [0.25, 0.3) is 5.69 Å². The molecule has 0 amide bonds. The van der Waals surface area contributed by atoms with Gasteiger partial charge in [-0.05, 0) is 36.5 Å². The normalized spacial score (nSPS) is 18.5. The molecular weight excluding hydrogens is 280 g/mol. The number of nitrogens with zero attached hydrogens (tertiary/aromatic N) is 2. The molecule has 0 radical (unpaired) electrons. The summed E-state index contributed by atoms with van der Waals surface area (Å²) in [5.41, 5.74) is 2.54. The molecule has 1 atom stereocenters. The number of benzene rings is 1. The standard InChI is InChI=1S/C17H22N2OS/c1-13(2)14-5-7-15(8-6-14)19-10-9-18-17(19)21-12-16-4-3-11-20-16/h5-10,13,16H,3-4,11-12H2,1-2H3. The zero-order chi connectivity index (χ0) is 14.7. The van der Waals surface area contributed by atoms with Crippen LogP contribution in [0.2, 0.25) is 0 Å². The van der Waals surface area contributed by atoms with E-state index in [-0.39, 0.29) is 0 Å². The topological polar surface area (TPSA) is 27.1 Å². The van der Waals surface area contributed by atoms with Gasteiger partial charge in [0.05, 0.1) is 6.10 Å². The summed E-state index contributed by atoms with van der Waals surface area (Å²) in [6.07, 6.45) is 6.66. The van der Waals surface area contributed by atoms with Gasteiger partial charge in [0.1, 0.15) is 0 Å². The van der Waals surface area contributed by atoms with Gasteiger partial charge >= 0.3 is 0 Å². The lowest BCUT2D eigenvalue weighted by Gasteiger charge is -2.11. The lowest BCUT2D eigenvalue weighted by Crippen LogP contribution is -2.08. The van der Waals surface area contributed by atoms with Gasteiger partial charge in [0.15, 0.2) is 5.16 Å². The van der Waals surface area contributed by atoms with Crippen LogP contribution < -0.4 is 0 Å². The van der Waals surface area contributed by atoms with Crippen LogP contribution in [0, 0.1) is 0 Å². The SMILES string of the molecule is CC(C)c1ccc(-n2ccnc2SCC2CCCO2)cc1. The minimum atomic E-state index is 0.392. The van der Waals surface area contributed by atoms with Crippen molar-refractivity contribution in [2.75, 3.05) is 12.4 Å². The number of rotatable bonds is 5. The molecule has 3 rings (SSSR count). The first-order chi connectivity index (χ1) is 10.2. The molecule has 0 saturated carbocycles. The molecule has 1 unspecified atom stereocenters. The Labute approximate surface area is 130 Å². The molecule has 0 spiro atoms. The van der Waals surface area contributed by atoms with Crippen LogP contribution in [0.5, 0.6) is 0 Å². The van der Waals surface area contributed by atoms with Crippen molar-refractivity contribution in [1.29, 1.82) is 0 Å². The van der Waals surface area contributed by atoms with Crippen molar-refractivity contribution in [3.63, 3.8) is 0 Å². The average molecular weight is 302 g/mol. The summed E-state index contributed by atoms with van der Waals surface area (Å²) in [6.45, 7) is 5.35. The van der Waals surface area contributed by atoms with Crippen LogP contribution in [-0.4, -0.2) is 28.0 Å². The molecule has 112 valence electrons. The van der Waals surface area contributed by atoms with Crippen molar-refractivity contribution in [2.24, 2.45) is 0 Å². The summed E-state index contributed by atoms with van der Waals surface area (Å²) in [4.78, 5) is 4.48. The highest BCUT2D eigenvalue weighted by atomic mass is 32.2. The maximum Gasteiger partial charge on any atom is 0.172 e. The molecule has 1 aliphatic rings. The van der Waals surface area contributed by atoms with E-state index in [9.17, 15) is 0 Å². The van der Waals surface area contributed by atoms with Gasteiger partial charge < -0.3 is 4.74 Å². The van der Waals surface area contributed by atoms with Gasteiger partial charge in [0.25, 0.3) is 0 Å². The Balaban J connectivity index is 1.71. The van der Waals surface area contributed by atoms with Gasteiger partial charge in [-0.3, -0.25) is 4.57 Å². The number of hydrogen-bond acceptors (Lipinski definition) is 3. The molecule has 1 aromatic heterocycles. The molecule has 4 heteroatoms. The number of thioether (sulfide) groups is 1. The van der Waals surface area contributed by atoms with Crippen molar-refractivity contribution in [3.05, 3.63) is 42.2 Å². The lowest BCUT2D eigenvalue weighted by molar-refractivity contribution is 0.129. The quantitative estimate of drug-likeness (QED) is 0.772. The Bertz CT molecular complexity index is 571. The fourth-order valence-electron chi connectivity index (χ4n) is 2.56. The molecule has 2 heterocycles. The smallest absolute Gasteiger partial charge is 0.172 e. The molecule has 21 heavy (non-hydrogen) atoms. The van der Waals surface area contributed by atoms with E-state index in [4.69, 9.17) is 4.74 Å². The Morgan fingerprint density at radius 3 is 2.81 bits per heavy atom. The van der Waals surface area contributed by atoms with Gasteiger partial charge in [-0.15, -0.1) is 0 Å². The fraction of sp³-hybridized carbons (Fsp3) is 0.471. The highest BCUT2D eigenvalue weighted by Gasteiger charge is 2.17. The molecule has 3 nitrogen and oxygen atoms in total. The van der Waals surface area contributed by atoms with Crippen molar-refractivity contribution < 1.29 is 4.74 Å². The molecule has 1 aliphatic heterocycles. The number of ether oxygens (including phenoxy) is 1. The predicted octanol–water partition coefficient (Wildman–Crippen LogP) is 4.27. The maximum absolute atomic E-state index is 5.68. The summed E-state index contributed by atoms with van der Waals surface area (Å²) < 4.78 is 7.84. The van der Waals surface area contributed by atoms with Gasteiger partial charge in [-0.25, -0.2) is 4.98 Å². The Morgan fingerprint density at radius 2 is 2.14 bits per heavy atom. The third-order valence-corrected chi connectivity index (χ3v) is 4.97. The van der Waals surface area contributed by atoms with Crippen LogP contribution in [0.3, 0.4) is 0 Å². The second-order valence-corrected chi connectivity index (χ2v) is 6.76. The first-order valence-electron chi connectivity index (χ1n) is 7.62. The molecule has 0 aliphatic carbocycles. The lowest BCUT2D eigenvalue weighted by atomic mass is 10.0. The minimum Gasteiger partial charge on any atom is -0.377 e. The van der Waals surface area contributed by atoms with Gasteiger partial charge in [-0.2, -0.15) is 0 Å². The zero-order valence-corrected chi connectivity index (χ0v) is 13.5. The fourth-order valence-corrected chi connectivity index (χ4v) is 3.59. The Hall–Kier alpha value is -1.26. The highest BCUT2D eigenvalue weighted by molar-refractivity contribution is 7.99. The molecule has 0 N–H and O–H groups in total. The van der Waals surface area contributed by atoms with E-state index in [0.29, 0.717) is 12.0 Å². The monoisotopic (exact) mass is 302 g/mol. The molecular formula is C17H22N2OS. The average Bonchev–Trinajstić information content (AvgIpc) is 3.16. The van der Waals surface area contributed by atoms with E-state index < -0.39 is 0 Å². The molecule has 1 saturated heterocycles. The summed E-state index contributed by atoms with van der Waals surface area (Å²) >= 11 is 1.78. The van der Waals surface area contributed by atoms with Crippen LogP contribution in [0.1, 0.15) is 38.2 Å². The summed E-state index contributed by atoms with van der Waals surface area (Å²) in [5.74, 6) is 1.55. The highest BCUT2D eigenvalue weighted by Crippen LogP contribution is 2.25. The first kappa shape index (κ1) is 14.7. The third kappa shape index (κ3) is 3.50. The van der Waals surface area contributed by atoms with Crippen molar-refractivity contribution in [2.45, 2.75) is 43.9 Å². The zero-order valence-electron chi connectivity index (χ0n) is 12.7. The first-order valence-corrected chi connectivity index (χ1v) is 8.60. The van der Waals surface area contributed by atoms with Crippen LogP contribution >= 0.6 is 11.8 Å². The second-order valence-electron chi connectivity index (χ2n) is 5.77. The van der Waals surface area contributed by atoms with Gasteiger partial charge in [0, 0.05) is 30.4 Å². The minimum absolute atomic E-state index is 0.392. The van der Waals surface area contributed by atoms with E-state index in [1.54, 1.807) is 11.8 Å². The van der Waals surface area contributed by atoms with Gasteiger partial charge in [-0.1, -0.05) is 37.7 Å². The predicted molar refractivity (Wildman–Crippen MR) is 87.4 cm³/mol. The van der Waals surface area contributed by atoms with E-state index in [1.165, 1.54) is 24.1 Å². The van der Waals surface area contributed by atoms with Crippen LogP contribution in [0.4, 0.5) is 0 Å². The summed E-state index contributed by atoms with van der Waals surface area (Å²) in [5, 5.41) is 1.04. The van der Waals surface area contributed by atoms with E-state index in [0.717, 1.165) is 17.5 Å². The summed E-state index contributed by atoms with van der Waals surface area (Å²) in [7, 11) is 0. The number of aromatic nitrogens is 2. The van der Waals surface area contributed by atoms with E-state index >= 15 is 0 Å². The molecule has 2 aromatic rings. The van der Waals surface area contributed by atoms with Crippen molar-refractivity contribution >= 4 is 11.8 Å².